The molecule has 7 nitrogen and oxygen atoms in total. The molecular weight excluding hydrogens is 384 g/mol. The van der Waals surface area contributed by atoms with E-state index in [0.717, 1.165) is 0 Å². The molecule has 0 fully saturated rings. The fourth-order valence-corrected chi connectivity index (χ4v) is 2.77. The molecule has 30 heavy (non-hydrogen) atoms. The lowest BCUT2D eigenvalue weighted by molar-refractivity contribution is -0.111. The molecule has 0 saturated carbocycles. The van der Waals surface area contributed by atoms with E-state index in [1.54, 1.807) is 61.5 Å². The number of para-hydroxylation sites is 1. The van der Waals surface area contributed by atoms with Gasteiger partial charge in [0.25, 0.3) is 0 Å². The molecule has 1 heterocycles. The van der Waals surface area contributed by atoms with Crippen molar-refractivity contribution >= 4 is 29.6 Å². The van der Waals surface area contributed by atoms with E-state index in [1.165, 1.54) is 19.3 Å². The van der Waals surface area contributed by atoms with Gasteiger partial charge in [0.1, 0.15) is 5.69 Å². The minimum Gasteiger partial charge on any atom is -0.464 e. The first-order chi connectivity index (χ1) is 14.5. The molecule has 2 aromatic carbocycles. The molecule has 0 spiro atoms. The number of rotatable bonds is 6. The summed E-state index contributed by atoms with van der Waals surface area (Å²) in [6.45, 7) is 1.65. The maximum Gasteiger partial charge on any atom is 0.355 e. The van der Waals surface area contributed by atoms with Gasteiger partial charge in [0.15, 0.2) is 5.75 Å². The summed E-state index contributed by atoms with van der Waals surface area (Å²) in [5.41, 5.74) is 1.75. The predicted molar refractivity (Wildman–Crippen MR) is 112 cm³/mol. The summed E-state index contributed by atoms with van der Waals surface area (Å²) in [6.07, 6.45) is 2.66. The molecule has 0 saturated heterocycles. The molecule has 2 N–H and O–H groups in total. The first-order valence-corrected chi connectivity index (χ1v) is 9.12. The molecule has 0 unspecified atom stereocenters. The van der Waals surface area contributed by atoms with Crippen molar-refractivity contribution in [2.75, 3.05) is 12.4 Å². The molecule has 1 aromatic heterocycles. The fraction of sp³-hybridized carbons (Fsp3) is 0.0870. The van der Waals surface area contributed by atoms with Crippen molar-refractivity contribution in [3.63, 3.8) is 0 Å². The van der Waals surface area contributed by atoms with Crippen LogP contribution in [0.3, 0.4) is 0 Å². The van der Waals surface area contributed by atoms with Crippen LogP contribution in [0.2, 0.25) is 0 Å². The van der Waals surface area contributed by atoms with E-state index in [4.69, 9.17) is 9.47 Å². The molecule has 1 amide bonds. The van der Waals surface area contributed by atoms with Gasteiger partial charge in [-0.1, -0.05) is 36.4 Å². The van der Waals surface area contributed by atoms with Crippen molar-refractivity contribution in [3.8, 4) is 5.75 Å². The first-order valence-electron chi connectivity index (χ1n) is 9.12. The zero-order valence-electron chi connectivity index (χ0n) is 16.5. The summed E-state index contributed by atoms with van der Waals surface area (Å²) >= 11 is 0. The van der Waals surface area contributed by atoms with Crippen LogP contribution < -0.4 is 10.1 Å². The van der Waals surface area contributed by atoms with Gasteiger partial charge < -0.3 is 19.8 Å². The number of esters is 2. The normalized spacial score (nSPS) is 10.6. The van der Waals surface area contributed by atoms with Crippen LogP contribution >= 0.6 is 0 Å². The van der Waals surface area contributed by atoms with Gasteiger partial charge in [-0.05, 0) is 37.3 Å². The number of ether oxygens (including phenoxy) is 2. The molecule has 0 aliphatic rings. The van der Waals surface area contributed by atoms with Crippen molar-refractivity contribution in [2.24, 2.45) is 0 Å². The van der Waals surface area contributed by atoms with Crippen molar-refractivity contribution in [2.45, 2.75) is 6.92 Å². The number of benzene rings is 2. The fourth-order valence-electron chi connectivity index (χ4n) is 2.77. The quantitative estimate of drug-likeness (QED) is 0.478. The number of amides is 1. The zero-order valence-corrected chi connectivity index (χ0v) is 16.5. The SMILES string of the molecule is COC(=O)c1[nH]c(C)c(OC(=O)c2ccccc2)c1/C=C/C(=O)Nc1ccccc1. The van der Waals surface area contributed by atoms with Crippen LogP contribution in [0.5, 0.6) is 5.75 Å². The van der Waals surface area contributed by atoms with Crippen molar-refractivity contribution in [1.29, 1.82) is 0 Å². The van der Waals surface area contributed by atoms with Crippen LogP contribution in [0.1, 0.15) is 32.1 Å². The predicted octanol–water partition coefficient (Wildman–Crippen LogP) is 3.98. The zero-order chi connectivity index (χ0) is 21.5. The number of methoxy groups -OCH3 is 1. The summed E-state index contributed by atoms with van der Waals surface area (Å²) in [6, 6.07) is 17.4. The Labute approximate surface area is 173 Å². The van der Waals surface area contributed by atoms with Gasteiger partial charge in [-0.2, -0.15) is 0 Å². The number of aryl methyl sites for hydroxylation is 1. The van der Waals surface area contributed by atoms with Gasteiger partial charge in [0.2, 0.25) is 5.91 Å². The third kappa shape index (κ3) is 4.82. The molecule has 3 aromatic rings. The second kappa shape index (κ2) is 9.38. The molecule has 0 atom stereocenters. The number of carbonyl (C=O) groups is 3. The van der Waals surface area contributed by atoms with E-state index in [-0.39, 0.29) is 17.0 Å². The third-order valence-corrected chi connectivity index (χ3v) is 4.20. The molecular formula is C23H20N2O5. The molecule has 3 rings (SSSR count). The van der Waals surface area contributed by atoms with E-state index in [9.17, 15) is 14.4 Å². The first kappa shape index (κ1) is 20.6. The largest absolute Gasteiger partial charge is 0.464 e. The topological polar surface area (TPSA) is 97.5 Å². The Morgan fingerprint density at radius 1 is 0.933 bits per heavy atom. The Morgan fingerprint density at radius 2 is 1.57 bits per heavy atom. The summed E-state index contributed by atoms with van der Waals surface area (Å²) in [7, 11) is 1.24. The van der Waals surface area contributed by atoms with E-state index >= 15 is 0 Å². The number of H-pyrrole nitrogens is 1. The minimum absolute atomic E-state index is 0.0784. The highest BCUT2D eigenvalue weighted by atomic mass is 16.5. The summed E-state index contributed by atoms with van der Waals surface area (Å²) in [5.74, 6) is -1.50. The lowest BCUT2D eigenvalue weighted by Crippen LogP contribution is -2.10. The average Bonchev–Trinajstić information content (AvgIpc) is 3.08. The standard InChI is InChI=1S/C23H20N2O5/c1-15-21(30-22(27)16-9-5-3-6-10-16)18(20(24-15)23(28)29-2)13-14-19(26)25-17-11-7-4-8-12-17/h3-14,24H,1-2H3,(H,25,26)/b14-13+. The minimum atomic E-state index is -0.650. The number of anilines is 1. The molecule has 0 aliphatic carbocycles. The highest BCUT2D eigenvalue weighted by molar-refractivity contribution is 6.04. The van der Waals surface area contributed by atoms with Gasteiger partial charge in [0.05, 0.1) is 23.9 Å². The highest BCUT2D eigenvalue weighted by Gasteiger charge is 2.23. The lowest BCUT2D eigenvalue weighted by atomic mass is 10.2. The third-order valence-electron chi connectivity index (χ3n) is 4.20. The van der Waals surface area contributed by atoms with E-state index in [1.807, 2.05) is 6.07 Å². The summed E-state index contributed by atoms with van der Waals surface area (Å²) in [5, 5.41) is 2.71. The number of hydrogen-bond donors (Lipinski definition) is 2. The summed E-state index contributed by atoms with van der Waals surface area (Å²) in [4.78, 5) is 39.8. The van der Waals surface area contributed by atoms with E-state index < -0.39 is 17.8 Å². The monoisotopic (exact) mass is 404 g/mol. The Bertz CT molecular complexity index is 1090. The van der Waals surface area contributed by atoms with Crippen molar-refractivity contribution < 1.29 is 23.9 Å². The Balaban J connectivity index is 1.89. The van der Waals surface area contributed by atoms with Crippen LogP contribution in [-0.4, -0.2) is 29.9 Å². The highest BCUT2D eigenvalue weighted by Crippen LogP contribution is 2.30. The van der Waals surface area contributed by atoms with Crippen molar-refractivity contribution in [1.82, 2.24) is 4.98 Å². The second-order valence-corrected chi connectivity index (χ2v) is 6.30. The van der Waals surface area contributed by atoms with E-state index in [0.29, 0.717) is 16.9 Å². The Kier molecular flexibility index (Phi) is 6.44. The number of aromatic nitrogens is 1. The molecule has 0 aliphatic heterocycles. The molecule has 152 valence electrons. The smallest absolute Gasteiger partial charge is 0.355 e. The van der Waals surface area contributed by atoms with Gasteiger partial charge in [0, 0.05) is 11.8 Å². The van der Waals surface area contributed by atoms with Crippen LogP contribution in [0, 0.1) is 6.92 Å². The van der Waals surface area contributed by atoms with Crippen LogP contribution in [0.25, 0.3) is 6.08 Å². The van der Waals surface area contributed by atoms with Crippen molar-refractivity contribution in [3.05, 3.63) is 89.3 Å². The Hall–Kier alpha value is -4.13. The van der Waals surface area contributed by atoms with Gasteiger partial charge in [-0.3, -0.25) is 4.79 Å². The van der Waals surface area contributed by atoms with Gasteiger partial charge in [-0.25, -0.2) is 9.59 Å². The number of aromatic amines is 1. The van der Waals surface area contributed by atoms with Crippen LogP contribution in [-0.2, 0) is 9.53 Å². The number of carbonyl (C=O) groups excluding carboxylic acids is 3. The number of nitrogens with one attached hydrogen (secondary N) is 2. The maximum atomic E-state index is 12.5. The molecule has 0 bridgehead atoms. The van der Waals surface area contributed by atoms with E-state index in [2.05, 4.69) is 10.3 Å². The van der Waals surface area contributed by atoms with Gasteiger partial charge in [-0.15, -0.1) is 0 Å². The molecule has 7 heteroatoms. The molecule has 0 radical (unpaired) electrons. The van der Waals surface area contributed by atoms with Gasteiger partial charge >= 0.3 is 11.9 Å². The summed E-state index contributed by atoms with van der Waals surface area (Å²) < 4.78 is 10.3. The lowest BCUT2D eigenvalue weighted by Gasteiger charge is -2.06. The second-order valence-electron chi connectivity index (χ2n) is 6.30. The average molecular weight is 404 g/mol. The van der Waals surface area contributed by atoms with Crippen LogP contribution in [0.4, 0.5) is 5.69 Å². The Morgan fingerprint density at radius 3 is 2.20 bits per heavy atom. The maximum absolute atomic E-state index is 12.5. The number of hydrogen-bond acceptors (Lipinski definition) is 5. The van der Waals surface area contributed by atoms with Crippen LogP contribution in [0.15, 0.2) is 66.7 Å².